The van der Waals surface area contributed by atoms with Crippen LogP contribution in [-0.2, 0) is 17.5 Å². The van der Waals surface area contributed by atoms with Crippen molar-refractivity contribution in [2.75, 3.05) is 6.61 Å². The second kappa shape index (κ2) is 3.55. The first-order valence-electron chi connectivity index (χ1n) is 4.40. The van der Waals surface area contributed by atoms with E-state index in [-0.39, 0.29) is 24.3 Å². The van der Waals surface area contributed by atoms with Crippen LogP contribution in [0.15, 0.2) is 12.1 Å². The van der Waals surface area contributed by atoms with Gasteiger partial charge in [-0.3, -0.25) is 4.79 Å². The molecule has 0 radical (unpaired) electrons. The molecule has 2 nitrogen and oxygen atoms in total. The molecule has 1 aromatic carbocycles. The molecule has 6 heteroatoms. The van der Waals surface area contributed by atoms with Gasteiger partial charge in [-0.2, -0.15) is 13.2 Å². The van der Waals surface area contributed by atoms with E-state index in [2.05, 4.69) is 0 Å². The second-order valence-corrected chi connectivity index (χ2v) is 3.41. The molecule has 0 aliphatic carbocycles. The largest absolute Gasteiger partial charge is 0.416 e. The van der Waals surface area contributed by atoms with Crippen LogP contribution >= 0.6 is 0 Å². The predicted octanol–water partition coefficient (Wildman–Crippen LogP) is 2.56. The molecule has 16 heavy (non-hydrogen) atoms. The molecule has 1 aromatic rings. The summed E-state index contributed by atoms with van der Waals surface area (Å²) in [5, 5.41) is 0. The van der Waals surface area contributed by atoms with Crippen molar-refractivity contribution in [1.82, 2.24) is 0 Å². The van der Waals surface area contributed by atoms with Crippen molar-refractivity contribution in [3.05, 3.63) is 34.6 Å². The molecule has 0 unspecified atom stereocenters. The molecule has 0 atom stereocenters. The minimum Gasteiger partial charge on any atom is -0.369 e. The Hall–Kier alpha value is -1.43. The number of benzene rings is 1. The van der Waals surface area contributed by atoms with Gasteiger partial charge in [-0.25, -0.2) is 4.39 Å². The first-order chi connectivity index (χ1) is 7.39. The van der Waals surface area contributed by atoms with E-state index in [4.69, 9.17) is 4.74 Å². The van der Waals surface area contributed by atoms with Crippen molar-refractivity contribution >= 4 is 5.78 Å². The molecule has 0 saturated heterocycles. The lowest BCUT2D eigenvalue weighted by atomic mass is 9.98. The number of ether oxygens (including phenoxy) is 1. The summed E-state index contributed by atoms with van der Waals surface area (Å²) in [5.74, 6) is -1.77. The van der Waals surface area contributed by atoms with Gasteiger partial charge in [0.2, 0.25) is 0 Å². The first kappa shape index (κ1) is 11.1. The maximum Gasteiger partial charge on any atom is 0.416 e. The zero-order chi connectivity index (χ0) is 11.9. The fourth-order valence-corrected chi connectivity index (χ4v) is 1.58. The zero-order valence-electron chi connectivity index (χ0n) is 7.90. The Balaban J connectivity index is 2.58. The smallest absolute Gasteiger partial charge is 0.369 e. The molecule has 86 valence electrons. The van der Waals surface area contributed by atoms with E-state index in [1.807, 2.05) is 0 Å². The fraction of sp³-hybridized carbons (Fsp3) is 0.300. The topological polar surface area (TPSA) is 26.3 Å². The molecule has 1 aliphatic rings. The Morgan fingerprint density at radius 1 is 1.19 bits per heavy atom. The van der Waals surface area contributed by atoms with Crippen LogP contribution in [0.5, 0.6) is 0 Å². The van der Waals surface area contributed by atoms with Crippen LogP contribution in [-0.4, -0.2) is 12.4 Å². The van der Waals surface area contributed by atoms with Gasteiger partial charge in [-0.05, 0) is 17.7 Å². The van der Waals surface area contributed by atoms with Crippen molar-refractivity contribution in [1.29, 1.82) is 0 Å². The van der Waals surface area contributed by atoms with Crippen LogP contribution in [0.4, 0.5) is 17.6 Å². The third kappa shape index (κ3) is 1.80. The van der Waals surface area contributed by atoms with Crippen LogP contribution in [0.2, 0.25) is 0 Å². The van der Waals surface area contributed by atoms with E-state index in [0.717, 1.165) is 6.07 Å². The van der Waals surface area contributed by atoms with E-state index in [1.54, 1.807) is 0 Å². The minimum atomic E-state index is -4.63. The minimum absolute atomic E-state index is 0.0522. The lowest BCUT2D eigenvalue weighted by Crippen LogP contribution is -2.21. The quantitative estimate of drug-likeness (QED) is 0.645. The SMILES string of the molecule is O=C1COCc2cc(C(F)(F)F)cc(F)c21. The van der Waals surface area contributed by atoms with E-state index >= 15 is 0 Å². The van der Waals surface area contributed by atoms with Crippen LogP contribution in [0.1, 0.15) is 21.5 Å². The average molecular weight is 234 g/mol. The summed E-state index contributed by atoms with van der Waals surface area (Å²) in [6, 6.07) is 1.08. The van der Waals surface area contributed by atoms with E-state index in [9.17, 15) is 22.4 Å². The highest BCUT2D eigenvalue weighted by molar-refractivity contribution is 5.99. The van der Waals surface area contributed by atoms with Gasteiger partial charge in [-0.1, -0.05) is 0 Å². The summed E-state index contributed by atoms with van der Waals surface area (Å²) < 4.78 is 55.1. The molecular weight excluding hydrogens is 228 g/mol. The summed E-state index contributed by atoms with van der Waals surface area (Å²) in [6.07, 6.45) is -4.63. The predicted molar refractivity (Wildman–Crippen MR) is 45.4 cm³/mol. The molecule has 2 rings (SSSR count). The molecule has 0 saturated carbocycles. The van der Waals surface area contributed by atoms with Crippen LogP contribution in [0.3, 0.4) is 0 Å². The van der Waals surface area contributed by atoms with Gasteiger partial charge in [0.05, 0.1) is 17.7 Å². The number of hydrogen-bond donors (Lipinski definition) is 0. The van der Waals surface area contributed by atoms with E-state index in [0.29, 0.717) is 6.07 Å². The number of carbonyl (C=O) groups excluding carboxylic acids is 1. The molecule has 0 fully saturated rings. The summed E-state index contributed by atoms with van der Waals surface area (Å²) in [7, 11) is 0. The number of hydrogen-bond acceptors (Lipinski definition) is 2. The van der Waals surface area contributed by atoms with Gasteiger partial charge in [0.25, 0.3) is 0 Å². The summed E-state index contributed by atoms with van der Waals surface area (Å²) >= 11 is 0. The average Bonchev–Trinajstić information content (AvgIpc) is 2.15. The van der Waals surface area contributed by atoms with Crippen molar-refractivity contribution in [3.8, 4) is 0 Å². The molecule has 0 bridgehead atoms. The first-order valence-corrected chi connectivity index (χ1v) is 4.40. The van der Waals surface area contributed by atoms with Gasteiger partial charge in [0, 0.05) is 0 Å². The van der Waals surface area contributed by atoms with Crippen LogP contribution in [0, 0.1) is 5.82 Å². The van der Waals surface area contributed by atoms with Crippen molar-refractivity contribution in [2.45, 2.75) is 12.8 Å². The highest BCUT2D eigenvalue weighted by Gasteiger charge is 2.34. The fourth-order valence-electron chi connectivity index (χ4n) is 1.58. The maximum atomic E-state index is 13.3. The Bertz CT molecular complexity index is 451. The highest BCUT2D eigenvalue weighted by Crippen LogP contribution is 2.33. The van der Waals surface area contributed by atoms with Crippen molar-refractivity contribution < 1.29 is 27.1 Å². The monoisotopic (exact) mass is 234 g/mol. The Morgan fingerprint density at radius 3 is 2.50 bits per heavy atom. The Labute approximate surface area is 87.8 Å². The normalized spacial score (nSPS) is 16.1. The number of rotatable bonds is 0. The maximum absolute atomic E-state index is 13.3. The molecular formula is C10H6F4O2. The van der Waals surface area contributed by atoms with Gasteiger partial charge in [0.1, 0.15) is 12.4 Å². The molecule has 1 aliphatic heterocycles. The number of Topliss-reactive ketones (excluding diaryl/α,β-unsaturated/α-hetero) is 1. The molecule has 0 N–H and O–H groups in total. The van der Waals surface area contributed by atoms with Crippen molar-refractivity contribution in [2.24, 2.45) is 0 Å². The highest BCUT2D eigenvalue weighted by atomic mass is 19.4. The number of ketones is 1. The number of halogens is 4. The Morgan fingerprint density at radius 2 is 1.88 bits per heavy atom. The van der Waals surface area contributed by atoms with Crippen LogP contribution < -0.4 is 0 Å². The lowest BCUT2D eigenvalue weighted by Gasteiger charge is -2.18. The van der Waals surface area contributed by atoms with Crippen LogP contribution in [0.25, 0.3) is 0 Å². The molecule has 0 aromatic heterocycles. The third-order valence-corrected chi connectivity index (χ3v) is 2.27. The van der Waals surface area contributed by atoms with E-state index in [1.165, 1.54) is 0 Å². The second-order valence-electron chi connectivity index (χ2n) is 3.41. The lowest BCUT2D eigenvalue weighted by molar-refractivity contribution is -0.137. The van der Waals surface area contributed by atoms with Crippen molar-refractivity contribution in [3.63, 3.8) is 0 Å². The molecule has 0 amide bonds. The summed E-state index contributed by atoms with van der Waals surface area (Å²) in [6.45, 7) is -0.475. The molecule has 0 spiro atoms. The Kier molecular flexibility index (Phi) is 2.46. The van der Waals surface area contributed by atoms with Gasteiger partial charge < -0.3 is 4.74 Å². The number of fused-ring (bicyclic) bond motifs is 1. The van der Waals surface area contributed by atoms with Gasteiger partial charge >= 0.3 is 6.18 Å². The summed E-state index contributed by atoms with van der Waals surface area (Å²) in [4.78, 5) is 11.2. The number of carbonyl (C=O) groups is 1. The summed E-state index contributed by atoms with van der Waals surface area (Å²) in [5.41, 5.74) is -1.45. The third-order valence-electron chi connectivity index (χ3n) is 2.27. The van der Waals surface area contributed by atoms with Gasteiger partial charge in [-0.15, -0.1) is 0 Å². The number of alkyl halides is 3. The zero-order valence-corrected chi connectivity index (χ0v) is 7.90. The molecule has 1 heterocycles. The van der Waals surface area contributed by atoms with Gasteiger partial charge in [0.15, 0.2) is 5.78 Å². The standard InChI is InChI=1S/C10H6F4O2/c11-7-2-6(10(12,13)14)1-5-3-16-4-8(15)9(5)7/h1-2H,3-4H2. The van der Waals surface area contributed by atoms with E-state index < -0.39 is 23.3 Å².